The smallest absolute Gasteiger partial charge is 0.254 e. The van der Waals surface area contributed by atoms with Crippen molar-refractivity contribution in [2.75, 3.05) is 18.0 Å². The molecule has 0 aromatic heterocycles. The molecular weight excluding hydrogens is 302 g/mol. The number of nitrogens with two attached hydrogens (primary N) is 1. The molecule has 0 radical (unpaired) electrons. The zero-order valence-corrected chi connectivity index (χ0v) is 15.2. The Balaban J connectivity index is 2.15. The number of primary amides is 1. The third kappa shape index (κ3) is 3.89. The molecule has 1 fully saturated rings. The molecule has 5 heteroatoms. The van der Waals surface area contributed by atoms with Gasteiger partial charge in [-0.3, -0.25) is 9.59 Å². The van der Waals surface area contributed by atoms with E-state index in [2.05, 4.69) is 25.7 Å². The lowest BCUT2D eigenvalue weighted by molar-refractivity contribution is -0.123. The van der Waals surface area contributed by atoms with Crippen LogP contribution in [-0.2, 0) is 4.79 Å². The Bertz CT molecular complexity index is 583. The van der Waals surface area contributed by atoms with E-state index >= 15 is 0 Å². The molecule has 0 spiro atoms. The maximum atomic E-state index is 12.8. The number of nitrogens with zero attached hydrogens (tertiary/aromatic N) is 2. The van der Waals surface area contributed by atoms with Gasteiger partial charge in [-0.1, -0.05) is 0 Å². The van der Waals surface area contributed by atoms with Crippen LogP contribution in [0.2, 0.25) is 0 Å². The predicted octanol–water partition coefficient (Wildman–Crippen LogP) is 2.65. The Morgan fingerprint density at radius 2 is 1.88 bits per heavy atom. The molecule has 0 bridgehead atoms. The lowest BCUT2D eigenvalue weighted by atomic mass is 9.92. The minimum atomic E-state index is -0.314. The maximum absolute atomic E-state index is 12.8. The van der Waals surface area contributed by atoms with Crippen molar-refractivity contribution in [2.45, 2.75) is 52.6 Å². The number of carbonyl (C=O) groups excluding carboxylic acids is 2. The summed E-state index contributed by atoms with van der Waals surface area (Å²) in [7, 11) is 0. The summed E-state index contributed by atoms with van der Waals surface area (Å²) in [5.41, 5.74) is 7.21. The highest BCUT2D eigenvalue weighted by molar-refractivity contribution is 5.95. The summed E-state index contributed by atoms with van der Waals surface area (Å²) >= 11 is 0. The highest BCUT2D eigenvalue weighted by atomic mass is 16.2. The van der Waals surface area contributed by atoms with Crippen LogP contribution in [0, 0.1) is 5.92 Å². The van der Waals surface area contributed by atoms with Gasteiger partial charge in [-0.2, -0.15) is 0 Å². The van der Waals surface area contributed by atoms with E-state index in [1.807, 2.05) is 31.2 Å². The van der Waals surface area contributed by atoms with Crippen LogP contribution in [0.15, 0.2) is 24.3 Å². The zero-order valence-electron chi connectivity index (χ0n) is 15.2. The maximum Gasteiger partial charge on any atom is 0.254 e. The van der Waals surface area contributed by atoms with E-state index < -0.39 is 0 Å². The van der Waals surface area contributed by atoms with Gasteiger partial charge < -0.3 is 15.5 Å². The van der Waals surface area contributed by atoms with E-state index in [0.29, 0.717) is 18.2 Å². The van der Waals surface area contributed by atoms with E-state index in [-0.39, 0.29) is 23.8 Å². The van der Waals surface area contributed by atoms with Crippen LogP contribution in [0.1, 0.15) is 50.9 Å². The fraction of sp³-hybridized carbons (Fsp3) is 0.579. The third-order valence-corrected chi connectivity index (χ3v) is 4.96. The molecule has 1 aliphatic rings. The Kier molecular flexibility index (Phi) is 5.86. The molecule has 1 aromatic rings. The molecule has 0 saturated carbocycles. The second-order valence-electron chi connectivity index (χ2n) is 6.91. The first-order valence-corrected chi connectivity index (χ1v) is 8.82. The number of likely N-dealkylation sites (tertiary alicyclic amines) is 1. The topological polar surface area (TPSA) is 66.6 Å². The number of anilines is 1. The molecule has 0 unspecified atom stereocenters. The van der Waals surface area contributed by atoms with Crippen molar-refractivity contribution in [1.29, 1.82) is 0 Å². The summed E-state index contributed by atoms with van der Waals surface area (Å²) < 4.78 is 0. The molecule has 2 rings (SSSR count). The SMILES string of the molecule is CCN(c1ccc(C(=O)N2C[C@H](C(N)=O)CC[C@H]2C)cc1)C(C)C. The lowest BCUT2D eigenvalue weighted by Gasteiger charge is -2.37. The summed E-state index contributed by atoms with van der Waals surface area (Å²) in [6, 6.07) is 8.30. The molecule has 2 amide bonds. The van der Waals surface area contributed by atoms with Gasteiger partial charge in [0, 0.05) is 36.4 Å². The van der Waals surface area contributed by atoms with Crippen LogP contribution in [0.5, 0.6) is 0 Å². The second-order valence-corrected chi connectivity index (χ2v) is 6.91. The van der Waals surface area contributed by atoms with Gasteiger partial charge in [0.1, 0.15) is 0 Å². The summed E-state index contributed by atoms with van der Waals surface area (Å²) in [6.07, 6.45) is 1.58. The fourth-order valence-electron chi connectivity index (χ4n) is 3.43. The Morgan fingerprint density at radius 1 is 1.25 bits per heavy atom. The second kappa shape index (κ2) is 7.69. The average Bonchev–Trinajstić information content (AvgIpc) is 2.55. The molecule has 1 aromatic carbocycles. The zero-order chi connectivity index (χ0) is 17.9. The molecule has 1 saturated heterocycles. The lowest BCUT2D eigenvalue weighted by Crippen LogP contribution is -2.48. The predicted molar refractivity (Wildman–Crippen MR) is 97.0 cm³/mol. The van der Waals surface area contributed by atoms with Crippen LogP contribution in [0.4, 0.5) is 5.69 Å². The first-order chi connectivity index (χ1) is 11.3. The number of benzene rings is 1. The quantitative estimate of drug-likeness (QED) is 0.902. The van der Waals surface area contributed by atoms with Crippen LogP contribution >= 0.6 is 0 Å². The number of hydrogen-bond donors (Lipinski definition) is 1. The van der Waals surface area contributed by atoms with Gasteiger partial charge in [-0.25, -0.2) is 0 Å². The van der Waals surface area contributed by atoms with Gasteiger partial charge in [0.2, 0.25) is 5.91 Å². The van der Waals surface area contributed by atoms with Crippen LogP contribution in [0.25, 0.3) is 0 Å². The fourth-order valence-corrected chi connectivity index (χ4v) is 3.43. The van der Waals surface area contributed by atoms with Crippen molar-refractivity contribution in [3.8, 4) is 0 Å². The molecular formula is C19H29N3O2. The molecule has 1 aliphatic heterocycles. The Morgan fingerprint density at radius 3 is 2.38 bits per heavy atom. The van der Waals surface area contributed by atoms with E-state index in [4.69, 9.17) is 5.73 Å². The summed E-state index contributed by atoms with van der Waals surface area (Å²) in [5.74, 6) is -0.570. The van der Waals surface area contributed by atoms with Crippen molar-refractivity contribution in [2.24, 2.45) is 11.7 Å². The molecule has 132 valence electrons. The van der Waals surface area contributed by atoms with E-state index in [9.17, 15) is 9.59 Å². The van der Waals surface area contributed by atoms with Gasteiger partial charge in [0.25, 0.3) is 5.91 Å². The summed E-state index contributed by atoms with van der Waals surface area (Å²) in [6.45, 7) is 9.81. The van der Waals surface area contributed by atoms with Crippen molar-refractivity contribution < 1.29 is 9.59 Å². The highest BCUT2D eigenvalue weighted by Crippen LogP contribution is 2.25. The van der Waals surface area contributed by atoms with Gasteiger partial charge in [-0.05, 0) is 64.8 Å². The van der Waals surface area contributed by atoms with Gasteiger partial charge in [0.15, 0.2) is 0 Å². The van der Waals surface area contributed by atoms with Crippen molar-refractivity contribution in [3.63, 3.8) is 0 Å². The van der Waals surface area contributed by atoms with Crippen molar-refractivity contribution >= 4 is 17.5 Å². The number of rotatable bonds is 5. The summed E-state index contributed by atoms with van der Waals surface area (Å²) in [4.78, 5) is 28.3. The Labute approximate surface area is 144 Å². The monoisotopic (exact) mass is 331 g/mol. The van der Waals surface area contributed by atoms with E-state index in [1.54, 1.807) is 4.90 Å². The van der Waals surface area contributed by atoms with Gasteiger partial charge in [0.05, 0.1) is 5.92 Å². The first-order valence-electron chi connectivity index (χ1n) is 8.82. The minimum absolute atomic E-state index is 0.0207. The van der Waals surface area contributed by atoms with E-state index in [1.165, 1.54) is 0 Å². The van der Waals surface area contributed by atoms with Crippen LogP contribution in [-0.4, -0.2) is 41.9 Å². The first kappa shape index (κ1) is 18.3. The Hall–Kier alpha value is -2.04. The van der Waals surface area contributed by atoms with Crippen LogP contribution < -0.4 is 10.6 Å². The largest absolute Gasteiger partial charge is 0.369 e. The normalized spacial score (nSPS) is 21.0. The van der Waals surface area contributed by atoms with Gasteiger partial charge >= 0.3 is 0 Å². The number of amides is 2. The van der Waals surface area contributed by atoms with Crippen molar-refractivity contribution in [3.05, 3.63) is 29.8 Å². The molecule has 5 nitrogen and oxygen atoms in total. The number of hydrogen-bond acceptors (Lipinski definition) is 3. The minimum Gasteiger partial charge on any atom is -0.369 e. The van der Waals surface area contributed by atoms with Gasteiger partial charge in [-0.15, -0.1) is 0 Å². The molecule has 24 heavy (non-hydrogen) atoms. The van der Waals surface area contributed by atoms with Crippen LogP contribution in [0.3, 0.4) is 0 Å². The van der Waals surface area contributed by atoms with Crippen molar-refractivity contribution in [1.82, 2.24) is 4.90 Å². The molecule has 2 atom stereocenters. The summed E-state index contributed by atoms with van der Waals surface area (Å²) in [5, 5.41) is 0. The molecule has 2 N–H and O–H groups in total. The van der Waals surface area contributed by atoms with E-state index in [0.717, 1.165) is 25.1 Å². The number of carbonyl (C=O) groups is 2. The number of piperidine rings is 1. The standard InChI is InChI=1S/C19H29N3O2/c1-5-21(13(2)3)17-10-8-15(9-11-17)19(24)22-12-16(18(20)23)7-6-14(22)4/h8-11,13-14,16H,5-7,12H2,1-4H3,(H2,20,23)/t14-,16-/m1/s1. The third-order valence-electron chi connectivity index (χ3n) is 4.96. The molecule has 1 heterocycles. The molecule has 0 aliphatic carbocycles. The average molecular weight is 331 g/mol. The highest BCUT2D eigenvalue weighted by Gasteiger charge is 2.32.